The summed E-state index contributed by atoms with van der Waals surface area (Å²) in [5, 5.41) is 2.94. The van der Waals surface area contributed by atoms with Crippen LogP contribution in [0, 0.1) is 6.92 Å². The molecule has 1 aliphatic heterocycles. The van der Waals surface area contributed by atoms with E-state index >= 15 is 0 Å². The molecule has 1 saturated heterocycles. The van der Waals surface area contributed by atoms with Crippen LogP contribution >= 0.6 is 0 Å². The average molecular weight is 315 g/mol. The molecule has 0 aromatic carbocycles. The van der Waals surface area contributed by atoms with E-state index in [1.807, 2.05) is 26.8 Å². The predicted octanol–water partition coefficient (Wildman–Crippen LogP) is 1.69. The van der Waals surface area contributed by atoms with Crippen molar-refractivity contribution < 1.29 is 9.53 Å². The van der Waals surface area contributed by atoms with E-state index in [-0.39, 0.29) is 28.7 Å². The van der Waals surface area contributed by atoms with Crippen molar-refractivity contribution in [2.45, 2.75) is 45.3 Å². The van der Waals surface area contributed by atoms with E-state index in [1.165, 1.54) is 10.6 Å². The highest BCUT2D eigenvalue weighted by molar-refractivity contribution is 5.93. The van der Waals surface area contributed by atoms with Crippen molar-refractivity contribution in [2.24, 2.45) is 0 Å². The second-order valence-electron chi connectivity index (χ2n) is 6.68. The van der Waals surface area contributed by atoms with Crippen molar-refractivity contribution in [1.29, 1.82) is 0 Å². The van der Waals surface area contributed by atoms with Gasteiger partial charge < -0.3 is 10.1 Å². The van der Waals surface area contributed by atoms with Gasteiger partial charge >= 0.3 is 0 Å². The number of carbonyl (C=O) groups excluding carboxylic acids is 1. The minimum atomic E-state index is -0.374. The molecule has 0 radical (unpaired) electrons. The molecule has 3 heterocycles. The van der Waals surface area contributed by atoms with Gasteiger partial charge in [-0.3, -0.25) is 14.0 Å². The summed E-state index contributed by atoms with van der Waals surface area (Å²) >= 11 is 0. The van der Waals surface area contributed by atoms with Crippen LogP contribution in [0.5, 0.6) is 0 Å². The molecule has 6 nitrogen and oxygen atoms in total. The summed E-state index contributed by atoms with van der Waals surface area (Å²) in [5.74, 6) is -0.374. The van der Waals surface area contributed by atoms with Crippen molar-refractivity contribution >= 4 is 11.6 Å². The zero-order valence-corrected chi connectivity index (χ0v) is 13.6. The Hall–Kier alpha value is -2.21. The molecule has 0 spiro atoms. The number of carbonyl (C=O) groups is 1. The van der Waals surface area contributed by atoms with Crippen LogP contribution in [-0.4, -0.2) is 33.5 Å². The first-order valence-corrected chi connectivity index (χ1v) is 7.79. The van der Waals surface area contributed by atoms with Crippen LogP contribution in [0.3, 0.4) is 0 Å². The fourth-order valence-corrected chi connectivity index (χ4v) is 2.96. The fourth-order valence-electron chi connectivity index (χ4n) is 2.96. The van der Waals surface area contributed by atoms with Crippen molar-refractivity contribution in [2.75, 3.05) is 6.61 Å². The van der Waals surface area contributed by atoms with Gasteiger partial charge in [-0.25, -0.2) is 4.98 Å². The van der Waals surface area contributed by atoms with E-state index in [0.717, 1.165) is 18.4 Å². The first-order chi connectivity index (χ1) is 10.9. The zero-order chi connectivity index (χ0) is 16.6. The lowest BCUT2D eigenvalue weighted by molar-refractivity contribution is -0.0615. The lowest BCUT2D eigenvalue weighted by Crippen LogP contribution is -2.46. The molecule has 2 aromatic rings. The number of hydrogen-bond donors (Lipinski definition) is 1. The van der Waals surface area contributed by atoms with Crippen LogP contribution in [0.25, 0.3) is 5.65 Å². The Kier molecular flexibility index (Phi) is 3.93. The topological polar surface area (TPSA) is 72.7 Å². The quantitative estimate of drug-likeness (QED) is 0.915. The smallest absolute Gasteiger partial charge is 0.270 e. The molecule has 3 rings (SSSR count). The molecule has 0 saturated carbocycles. The van der Waals surface area contributed by atoms with Gasteiger partial charge in [0.05, 0.1) is 5.60 Å². The second kappa shape index (κ2) is 5.77. The molecular weight excluding hydrogens is 294 g/mol. The van der Waals surface area contributed by atoms with E-state index < -0.39 is 0 Å². The normalized spacial score (nSPS) is 20.4. The van der Waals surface area contributed by atoms with Crippen molar-refractivity contribution in [3.63, 3.8) is 0 Å². The Morgan fingerprint density at radius 3 is 2.96 bits per heavy atom. The van der Waals surface area contributed by atoms with Crippen molar-refractivity contribution in [3.8, 4) is 0 Å². The third-order valence-corrected chi connectivity index (χ3v) is 4.13. The Bertz CT molecular complexity index is 810. The summed E-state index contributed by atoms with van der Waals surface area (Å²) in [6, 6.07) is 3.65. The van der Waals surface area contributed by atoms with E-state index in [2.05, 4.69) is 10.3 Å². The number of fused-ring (bicyclic) bond motifs is 1. The van der Waals surface area contributed by atoms with Gasteiger partial charge in [0.25, 0.3) is 11.5 Å². The van der Waals surface area contributed by atoms with Gasteiger partial charge in [-0.2, -0.15) is 0 Å². The maximum absolute atomic E-state index is 12.5. The number of ether oxygens (including phenoxy) is 1. The van der Waals surface area contributed by atoms with Gasteiger partial charge in [0, 0.05) is 25.0 Å². The third kappa shape index (κ3) is 3.27. The molecular formula is C17H21N3O3. The van der Waals surface area contributed by atoms with Crippen LogP contribution in [0.15, 0.2) is 29.3 Å². The number of rotatable bonds is 2. The minimum Gasteiger partial charge on any atom is -0.375 e. The molecule has 1 atom stereocenters. The van der Waals surface area contributed by atoms with E-state index in [0.29, 0.717) is 12.3 Å². The summed E-state index contributed by atoms with van der Waals surface area (Å²) < 4.78 is 7.06. The van der Waals surface area contributed by atoms with Crippen LogP contribution < -0.4 is 10.9 Å². The van der Waals surface area contributed by atoms with Gasteiger partial charge in [-0.15, -0.1) is 0 Å². The molecule has 1 amide bonds. The molecule has 0 bridgehead atoms. The van der Waals surface area contributed by atoms with E-state index in [1.54, 1.807) is 12.3 Å². The Morgan fingerprint density at radius 2 is 2.22 bits per heavy atom. The summed E-state index contributed by atoms with van der Waals surface area (Å²) in [7, 11) is 0. The highest BCUT2D eigenvalue weighted by atomic mass is 16.5. The first kappa shape index (κ1) is 15.7. The highest BCUT2D eigenvalue weighted by Crippen LogP contribution is 2.23. The number of hydrogen-bond acceptors (Lipinski definition) is 4. The largest absolute Gasteiger partial charge is 0.375 e. The molecule has 1 N–H and O–H groups in total. The Morgan fingerprint density at radius 1 is 1.43 bits per heavy atom. The van der Waals surface area contributed by atoms with Crippen LogP contribution in [-0.2, 0) is 4.74 Å². The summed E-state index contributed by atoms with van der Waals surface area (Å²) in [5.41, 5.74) is 0.929. The SMILES string of the molecule is Cc1ccc2ncc(C(=O)NC3CCOC(C)(C)C3)c(=O)n2c1. The predicted molar refractivity (Wildman–Crippen MR) is 86.7 cm³/mol. The maximum Gasteiger partial charge on any atom is 0.270 e. The summed E-state index contributed by atoms with van der Waals surface area (Å²) in [4.78, 5) is 29.2. The summed E-state index contributed by atoms with van der Waals surface area (Å²) in [6.07, 6.45) is 4.52. The third-order valence-electron chi connectivity index (χ3n) is 4.13. The number of nitrogens with zero attached hydrogens (tertiary/aromatic N) is 2. The molecule has 23 heavy (non-hydrogen) atoms. The monoisotopic (exact) mass is 315 g/mol. The number of aromatic nitrogens is 2. The van der Waals surface area contributed by atoms with Crippen LogP contribution in [0.2, 0.25) is 0 Å². The first-order valence-electron chi connectivity index (χ1n) is 7.79. The van der Waals surface area contributed by atoms with E-state index in [4.69, 9.17) is 4.74 Å². The molecule has 0 aliphatic carbocycles. The minimum absolute atomic E-state index is 0.00357. The van der Waals surface area contributed by atoms with Crippen LogP contribution in [0.4, 0.5) is 0 Å². The second-order valence-corrected chi connectivity index (χ2v) is 6.68. The van der Waals surface area contributed by atoms with Crippen molar-refractivity contribution in [1.82, 2.24) is 14.7 Å². The molecule has 6 heteroatoms. The number of pyridine rings is 1. The highest BCUT2D eigenvalue weighted by Gasteiger charge is 2.30. The number of aryl methyl sites for hydroxylation is 1. The molecule has 122 valence electrons. The number of amides is 1. The van der Waals surface area contributed by atoms with Gasteiger partial charge in [0.1, 0.15) is 11.2 Å². The van der Waals surface area contributed by atoms with Gasteiger partial charge in [0.15, 0.2) is 0 Å². The zero-order valence-electron chi connectivity index (χ0n) is 13.6. The van der Waals surface area contributed by atoms with Crippen molar-refractivity contribution in [3.05, 3.63) is 46.0 Å². The standard InChI is InChI=1S/C17H21N3O3/c1-11-4-5-14-18-9-13(16(22)20(14)10-11)15(21)19-12-6-7-23-17(2,3)8-12/h4-5,9-10,12H,6-8H2,1-3H3,(H,19,21). The van der Waals surface area contributed by atoms with Crippen LogP contribution in [0.1, 0.15) is 42.6 Å². The van der Waals surface area contributed by atoms with Gasteiger partial charge in [0.2, 0.25) is 0 Å². The lowest BCUT2D eigenvalue weighted by Gasteiger charge is -2.35. The fraction of sp³-hybridized carbons (Fsp3) is 0.471. The number of nitrogens with one attached hydrogen (secondary N) is 1. The molecule has 1 fully saturated rings. The summed E-state index contributed by atoms with van der Waals surface area (Å²) in [6.45, 7) is 6.50. The van der Waals surface area contributed by atoms with E-state index in [9.17, 15) is 9.59 Å². The molecule has 1 aliphatic rings. The maximum atomic E-state index is 12.5. The molecule has 2 aromatic heterocycles. The lowest BCUT2D eigenvalue weighted by atomic mass is 9.94. The Labute approximate surface area is 134 Å². The average Bonchev–Trinajstić information content (AvgIpc) is 2.47. The Balaban J connectivity index is 1.86. The van der Waals surface area contributed by atoms with Gasteiger partial charge in [-0.05, 0) is 45.2 Å². The molecule has 1 unspecified atom stereocenters. The van der Waals surface area contributed by atoms with Gasteiger partial charge in [-0.1, -0.05) is 6.07 Å².